The number of anilines is 1. The van der Waals surface area contributed by atoms with Crippen LogP contribution in [0.1, 0.15) is 27.7 Å². The maximum atomic E-state index is 12.2. The monoisotopic (exact) mass is 417 g/mol. The van der Waals surface area contributed by atoms with Gasteiger partial charge in [-0.3, -0.25) is 14.9 Å². The molecule has 144 valence electrons. The Morgan fingerprint density at radius 2 is 2.07 bits per heavy atom. The van der Waals surface area contributed by atoms with Crippen LogP contribution in [0, 0.1) is 27.7 Å². The molecule has 0 saturated heterocycles. The minimum Gasteiger partial charge on any atom is -0.462 e. The van der Waals surface area contributed by atoms with Gasteiger partial charge in [-0.15, -0.1) is 11.3 Å². The fourth-order valence-corrected chi connectivity index (χ4v) is 3.98. The van der Waals surface area contributed by atoms with Gasteiger partial charge in [0.15, 0.2) is 0 Å². The van der Waals surface area contributed by atoms with E-state index in [-0.39, 0.29) is 12.3 Å². The van der Waals surface area contributed by atoms with E-state index in [4.69, 9.17) is 10.00 Å². The van der Waals surface area contributed by atoms with Crippen molar-refractivity contribution in [2.24, 2.45) is 0 Å². The summed E-state index contributed by atoms with van der Waals surface area (Å²) in [6.07, 6.45) is 2.77. The number of hydrogen-bond donors (Lipinski definition) is 1. The summed E-state index contributed by atoms with van der Waals surface area (Å²) in [5.41, 5.74) is 1.15. The number of carbonyl (C=O) groups excluding carboxylic acids is 2. The Hall–Kier alpha value is -3.16. The first kappa shape index (κ1) is 21.1. The lowest BCUT2D eigenvalue weighted by Gasteiger charge is -2.01. The molecule has 0 unspecified atom stereocenters. The average molecular weight is 417 g/mol. The van der Waals surface area contributed by atoms with E-state index in [1.54, 1.807) is 13.8 Å². The third-order valence-corrected chi connectivity index (χ3v) is 5.59. The molecule has 0 saturated carbocycles. The number of nitriles is 1. The van der Waals surface area contributed by atoms with Crippen LogP contribution >= 0.6 is 23.1 Å². The largest absolute Gasteiger partial charge is 0.462 e. The van der Waals surface area contributed by atoms with Crippen molar-refractivity contribution in [3.8, 4) is 5.40 Å². The van der Waals surface area contributed by atoms with Gasteiger partial charge in [0.25, 0.3) is 5.69 Å². The van der Waals surface area contributed by atoms with Crippen LogP contribution in [-0.2, 0) is 9.53 Å². The fraction of sp³-hybridized carbons (Fsp3) is 0.167. The van der Waals surface area contributed by atoms with Crippen LogP contribution in [0.4, 0.5) is 10.7 Å². The molecular formula is C18H15N3O5S2. The Kier molecular flexibility index (Phi) is 7.31. The van der Waals surface area contributed by atoms with E-state index in [1.807, 2.05) is 5.40 Å². The van der Waals surface area contributed by atoms with Crippen LogP contribution in [0.5, 0.6) is 0 Å². The number of ether oxygens (including phenoxy) is 1. The van der Waals surface area contributed by atoms with Crippen molar-refractivity contribution >= 4 is 51.7 Å². The van der Waals surface area contributed by atoms with Crippen LogP contribution in [0.15, 0.2) is 35.2 Å². The van der Waals surface area contributed by atoms with E-state index < -0.39 is 16.8 Å². The third kappa shape index (κ3) is 5.18. The average Bonchev–Trinajstić information content (AvgIpc) is 2.97. The van der Waals surface area contributed by atoms with Crippen molar-refractivity contribution in [3.63, 3.8) is 0 Å². The standard InChI is InChI=1S/C18H15N3O5S2/c1-3-26-18(23)16-11(2)15(27-10-19)17(28-16)20-14(22)9-6-12-4-7-13(8-5-12)21(24)25/h4-9H,3H2,1-2H3,(H,20,22)/b9-6+. The van der Waals surface area contributed by atoms with E-state index in [0.717, 1.165) is 23.1 Å². The second-order valence-electron chi connectivity index (χ2n) is 5.30. The molecule has 0 aliphatic heterocycles. The van der Waals surface area contributed by atoms with Crippen molar-refractivity contribution in [2.45, 2.75) is 18.7 Å². The highest BCUT2D eigenvalue weighted by Gasteiger charge is 2.22. The highest BCUT2D eigenvalue weighted by Crippen LogP contribution is 2.40. The lowest BCUT2D eigenvalue weighted by Crippen LogP contribution is -2.07. The molecule has 1 aromatic heterocycles. The first-order valence-electron chi connectivity index (χ1n) is 7.97. The van der Waals surface area contributed by atoms with Gasteiger partial charge >= 0.3 is 5.97 Å². The van der Waals surface area contributed by atoms with Gasteiger partial charge in [-0.2, -0.15) is 5.26 Å². The molecule has 10 heteroatoms. The third-order valence-electron chi connectivity index (χ3n) is 3.47. The van der Waals surface area contributed by atoms with Gasteiger partial charge in [0.2, 0.25) is 5.91 Å². The summed E-state index contributed by atoms with van der Waals surface area (Å²) in [5.74, 6) is -0.971. The molecule has 0 aliphatic carbocycles. The van der Waals surface area contributed by atoms with E-state index in [2.05, 4.69) is 5.32 Å². The van der Waals surface area contributed by atoms with Crippen LogP contribution < -0.4 is 5.32 Å². The first-order valence-corrected chi connectivity index (χ1v) is 9.60. The molecule has 0 spiro atoms. The number of rotatable bonds is 7. The Morgan fingerprint density at radius 3 is 2.64 bits per heavy atom. The quantitative estimate of drug-likeness (QED) is 0.177. The molecule has 0 radical (unpaired) electrons. The van der Waals surface area contributed by atoms with Crippen molar-refractivity contribution in [3.05, 3.63) is 56.5 Å². The summed E-state index contributed by atoms with van der Waals surface area (Å²) in [6.45, 7) is 3.60. The maximum Gasteiger partial charge on any atom is 0.348 e. The number of hydrogen-bond acceptors (Lipinski definition) is 8. The van der Waals surface area contributed by atoms with Gasteiger partial charge < -0.3 is 10.1 Å². The van der Waals surface area contributed by atoms with Crippen molar-refractivity contribution in [2.75, 3.05) is 11.9 Å². The molecule has 1 amide bonds. The number of esters is 1. The fourth-order valence-electron chi connectivity index (χ4n) is 2.17. The van der Waals surface area contributed by atoms with Gasteiger partial charge in [-0.1, -0.05) is 0 Å². The number of nitrogens with zero attached hydrogens (tertiary/aromatic N) is 2. The lowest BCUT2D eigenvalue weighted by molar-refractivity contribution is -0.384. The van der Waals surface area contributed by atoms with Crippen LogP contribution in [0.3, 0.4) is 0 Å². The number of benzene rings is 1. The van der Waals surface area contributed by atoms with Gasteiger partial charge in [0.1, 0.15) is 15.3 Å². The van der Waals surface area contributed by atoms with Gasteiger partial charge in [0, 0.05) is 18.2 Å². The Labute approximate surface area is 169 Å². The number of carbonyl (C=O) groups is 2. The smallest absolute Gasteiger partial charge is 0.348 e. The molecule has 0 atom stereocenters. The highest BCUT2D eigenvalue weighted by atomic mass is 32.2. The summed E-state index contributed by atoms with van der Waals surface area (Å²) in [7, 11) is 0. The number of thiocyanates is 1. The molecule has 28 heavy (non-hydrogen) atoms. The molecule has 8 nitrogen and oxygen atoms in total. The molecule has 2 rings (SSSR count). The van der Waals surface area contributed by atoms with Gasteiger partial charge in [-0.25, -0.2) is 4.79 Å². The Bertz CT molecular complexity index is 974. The zero-order valence-corrected chi connectivity index (χ0v) is 16.6. The van der Waals surface area contributed by atoms with Crippen molar-refractivity contribution in [1.29, 1.82) is 5.26 Å². The molecule has 1 aromatic carbocycles. The maximum absolute atomic E-state index is 12.2. The zero-order valence-electron chi connectivity index (χ0n) is 14.9. The SMILES string of the molecule is CCOC(=O)c1sc(NC(=O)/C=C/c2ccc([N+](=O)[O-])cc2)c(SC#N)c1C. The molecule has 0 bridgehead atoms. The van der Waals surface area contributed by atoms with Gasteiger partial charge in [-0.05, 0) is 54.9 Å². The number of nitro groups is 1. The number of thioether (sulfide) groups is 1. The molecule has 1 N–H and O–H groups in total. The van der Waals surface area contributed by atoms with E-state index in [0.29, 0.717) is 25.9 Å². The van der Waals surface area contributed by atoms with E-state index >= 15 is 0 Å². The number of nitro benzene ring substituents is 1. The van der Waals surface area contributed by atoms with Crippen LogP contribution in [0.2, 0.25) is 0 Å². The topological polar surface area (TPSA) is 122 Å². The summed E-state index contributed by atoms with van der Waals surface area (Å²) in [5, 5.41) is 24.6. The summed E-state index contributed by atoms with van der Waals surface area (Å²) >= 11 is 1.89. The predicted octanol–water partition coefficient (Wildman–Crippen LogP) is 4.37. The van der Waals surface area contributed by atoms with Crippen LogP contribution in [-0.4, -0.2) is 23.4 Å². The van der Waals surface area contributed by atoms with Crippen LogP contribution in [0.25, 0.3) is 6.08 Å². The zero-order chi connectivity index (χ0) is 20.7. The Morgan fingerprint density at radius 1 is 1.39 bits per heavy atom. The summed E-state index contributed by atoms with van der Waals surface area (Å²) < 4.78 is 5.00. The molecule has 1 heterocycles. The predicted molar refractivity (Wildman–Crippen MR) is 107 cm³/mol. The number of thiophene rings is 1. The second-order valence-corrected chi connectivity index (χ2v) is 7.12. The summed E-state index contributed by atoms with van der Waals surface area (Å²) in [6, 6.07) is 5.72. The number of nitrogens with one attached hydrogen (secondary N) is 1. The van der Waals surface area contributed by atoms with Crippen molar-refractivity contribution in [1.82, 2.24) is 0 Å². The normalized spacial score (nSPS) is 10.5. The number of non-ortho nitro benzene ring substituents is 1. The summed E-state index contributed by atoms with van der Waals surface area (Å²) in [4.78, 5) is 35.2. The minimum atomic E-state index is -0.508. The molecule has 0 aliphatic rings. The van der Waals surface area contributed by atoms with Crippen molar-refractivity contribution < 1.29 is 19.2 Å². The minimum absolute atomic E-state index is 0.0414. The van der Waals surface area contributed by atoms with Gasteiger partial charge in [0.05, 0.1) is 16.4 Å². The second kappa shape index (κ2) is 9.68. The van der Waals surface area contributed by atoms with E-state index in [9.17, 15) is 19.7 Å². The molecular weight excluding hydrogens is 402 g/mol. The van der Waals surface area contributed by atoms with E-state index in [1.165, 1.54) is 36.4 Å². The first-order chi connectivity index (χ1) is 13.4. The number of amides is 1. The lowest BCUT2D eigenvalue weighted by atomic mass is 10.2. The Balaban J connectivity index is 2.18. The molecule has 0 fully saturated rings. The highest BCUT2D eigenvalue weighted by molar-refractivity contribution is 8.04. The molecule has 2 aromatic rings.